The maximum Gasteiger partial charge on any atom is 0.245 e. The van der Waals surface area contributed by atoms with Crippen LogP contribution in [-0.4, -0.2) is 48.4 Å². The Morgan fingerprint density at radius 3 is 2.71 bits per heavy atom. The number of benzene rings is 1. The molecule has 2 N–H and O–H groups in total. The van der Waals surface area contributed by atoms with Crippen LogP contribution in [0.2, 0.25) is 0 Å². The first-order valence-corrected chi connectivity index (χ1v) is 10.2. The third-order valence-corrected chi connectivity index (χ3v) is 5.73. The van der Waals surface area contributed by atoms with Crippen LogP contribution in [0.15, 0.2) is 34.9 Å². The Bertz CT molecular complexity index is 829. The number of likely N-dealkylation sites (tertiary alicyclic amines) is 1. The molecule has 6 heteroatoms. The van der Waals surface area contributed by atoms with E-state index in [9.17, 15) is 9.59 Å². The van der Waals surface area contributed by atoms with Gasteiger partial charge in [0.15, 0.2) is 0 Å². The fraction of sp³-hybridized carbons (Fsp3) is 0.545. The fourth-order valence-corrected chi connectivity index (χ4v) is 3.88. The molecule has 3 rings (SSSR count). The summed E-state index contributed by atoms with van der Waals surface area (Å²) < 4.78 is 5.66. The summed E-state index contributed by atoms with van der Waals surface area (Å²) in [6.07, 6.45) is 4.53. The van der Waals surface area contributed by atoms with E-state index < -0.39 is 6.04 Å². The van der Waals surface area contributed by atoms with Gasteiger partial charge in [-0.3, -0.25) is 9.59 Å². The average Bonchev–Trinajstić information content (AvgIpc) is 3.32. The third kappa shape index (κ3) is 4.22. The van der Waals surface area contributed by atoms with Crippen LogP contribution in [0.25, 0.3) is 11.0 Å². The highest BCUT2D eigenvalue weighted by Gasteiger charge is 2.36. The SMILES string of the molecule is CN[C@@H](C)C(=O)N[C@H](C(=O)N1CCC[C@H]1Cc1coc2ccccc12)C(C)C. The number of carbonyl (C=O) groups is 2. The Labute approximate surface area is 166 Å². The molecule has 1 aliphatic rings. The number of hydrogen-bond acceptors (Lipinski definition) is 4. The molecule has 0 unspecified atom stereocenters. The number of nitrogens with one attached hydrogen (secondary N) is 2. The van der Waals surface area contributed by atoms with Crippen molar-refractivity contribution in [1.82, 2.24) is 15.5 Å². The van der Waals surface area contributed by atoms with Crippen molar-refractivity contribution in [3.05, 3.63) is 36.1 Å². The van der Waals surface area contributed by atoms with Gasteiger partial charge in [0, 0.05) is 23.5 Å². The number of para-hydroxylation sites is 1. The van der Waals surface area contributed by atoms with E-state index in [4.69, 9.17) is 4.42 Å². The molecule has 1 aromatic heterocycles. The molecule has 0 aliphatic carbocycles. The molecule has 0 bridgehead atoms. The quantitative estimate of drug-likeness (QED) is 0.769. The van der Waals surface area contributed by atoms with Crippen LogP contribution < -0.4 is 10.6 Å². The van der Waals surface area contributed by atoms with Gasteiger partial charge in [0.25, 0.3) is 0 Å². The topological polar surface area (TPSA) is 74.6 Å². The van der Waals surface area contributed by atoms with Crippen molar-refractivity contribution in [2.75, 3.05) is 13.6 Å². The van der Waals surface area contributed by atoms with Crippen molar-refractivity contribution in [3.63, 3.8) is 0 Å². The summed E-state index contributed by atoms with van der Waals surface area (Å²) in [5.41, 5.74) is 2.01. The minimum Gasteiger partial charge on any atom is -0.464 e. The first kappa shape index (κ1) is 20.4. The number of hydrogen-bond donors (Lipinski definition) is 2. The van der Waals surface area contributed by atoms with Gasteiger partial charge >= 0.3 is 0 Å². The molecule has 0 radical (unpaired) electrons. The van der Waals surface area contributed by atoms with Gasteiger partial charge in [0.2, 0.25) is 11.8 Å². The lowest BCUT2D eigenvalue weighted by atomic mass is 9.99. The van der Waals surface area contributed by atoms with Crippen LogP contribution in [0, 0.1) is 5.92 Å². The Morgan fingerprint density at radius 2 is 2.00 bits per heavy atom. The molecule has 2 aromatic rings. The molecule has 6 nitrogen and oxygen atoms in total. The van der Waals surface area contributed by atoms with Gasteiger partial charge in [-0.05, 0) is 45.2 Å². The first-order chi connectivity index (χ1) is 13.4. The second kappa shape index (κ2) is 8.78. The van der Waals surface area contributed by atoms with Crippen LogP contribution in [0.5, 0.6) is 0 Å². The highest BCUT2D eigenvalue weighted by molar-refractivity contribution is 5.90. The maximum absolute atomic E-state index is 13.3. The number of amides is 2. The van der Waals surface area contributed by atoms with E-state index >= 15 is 0 Å². The summed E-state index contributed by atoms with van der Waals surface area (Å²) in [6.45, 7) is 6.48. The standard InChI is InChI=1S/C22H31N3O3/c1-14(2)20(24-21(26)15(3)23-4)22(27)25-11-7-8-17(25)12-16-13-28-19-10-6-5-9-18(16)19/h5-6,9-10,13-15,17,20,23H,7-8,11-12H2,1-4H3,(H,24,26)/t15-,17-,20-/m0/s1. The zero-order valence-electron chi connectivity index (χ0n) is 17.2. The Morgan fingerprint density at radius 1 is 1.25 bits per heavy atom. The van der Waals surface area contributed by atoms with Crippen molar-refractivity contribution in [2.24, 2.45) is 5.92 Å². The zero-order valence-corrected chi connectivity index (χ0v) is 17.2. The maximum atomic E-state index is 13.3. The molecule has 1 aromatic carbocycles. The fourth-order valence-electron chi connectivity index (χ4n) is 3.88. The number of carbonyl (C=O) groups excluding carboxylic acids is 2. The van der Waals surface area contributed by atoms with E-state index in [0.29, 0.717) is 0 Å². The van der Waals surface area contributed by atoms with Gasteiger partial charge in [0.1, 0.15) is 11.6 Å². The molecule has 3 atom stereocenters. The summed E-state index contributed by atoms with van der Waals surface area (Å²) in [6, 6.07) is 7.28. The predicted molar refractivity (Wildman–Crippen MR) is 110 cm³/mol. The summed E-state index contributed by atoms with van der Waals surface area (Å²) in [5, 5.41) is 6.98. The number of furan rings is 1. The second-order valence-electron chi connectivity index (χ2n) is 8.03. The highest BCUT2D eigenvalue weighted by atomic mass is 16.3. The summed E-state index contributed by atoms with van der Waals surface area (Å²) in [4.78, 5) is 27.6. The highest BCUT2D eigenvalue weighted by Crippen LogP contribution is 2.28. The minimum absolute atomic E-state index is 0.0157. The van der Waals surface area contributed by atoms with E-state index in [-0.39, 0.29) is 29.8 Å². The van der Waals surface area contributed by atoms with Crippen LogP contribution in [0.1, 0.15) is 39.2 Å². The number of fused-ring (bicyclic) bond motifs is 1. The molecule has 0 saturated carbocycles. The minimum atomic E-state index is -0.509. The van der Waals surface area contributed by atoms with Crippen LogP contribution >= 0.6 is 0 Å². The van der Waals surface area contributed by atoms with Gasteiger partial charge in [-0.1, -0.05) is 32.0 Å². The average molecular weight is 386 g/mol. The summed E-state index contributed by atoms with van der Waals surface area (Å²) in [7, 11) is 1.74. The lowest BCUT2D eigenvalue weighted by Gasteiger charge is -2.31. The van der Waals surface area contributed by atoms with Gasteiger partial charge in [-0.15, -0.1) is 0 Å². The Balaban J connectivity index is 1.74. The van der Waals surface area contributed by atoms with Gasteiger partial charge < -0.3 is 20.0 Å². The lowest BCUT2D eigenvalue weighted by Crippen LogP contribution is -2.55. The summed E-state index contributed by atoms with van der Waals surface area (Å²) in [5.74, 6) is -0.107. The number of nitrogens with zero attached hydrogens (tertiary/aromatic N) is 1. The van der Waals surface area contributed by atoms with E-state index in [0.717, 1.165) is 42.3 Å². The molecule has 0 spiro atoms. The van der Waals surface area contributed by atoms with Crippen molar-refractivity contribution in [3.8, 4) is 0 Å². The van der Waals surface area contributed by atoms with Gasteiger partial charge in [-0.2, -0.15) is 0 Å². The monoisotopic (exact) mass is 385 g/mol. The second-order valence-corrected chi connectivity index (χ2v) is 8.03. The van der Waals surface area contributed by atoms with Crippen molar-refractivity contribution < 1.29 is 14.0 Å². The van der Waals surface area contributed by atoms with Gasteiger partial charge in [0.05, 0.1) is 12.3 Å². The van der Waals surface area contributed by atoms with Gasteiger partial charge in [-0.25, -0.2) is 0 Å². The zero-order chi connectivity index (χ0) is 20.3. The molecule has 2 heterocycles. The number of likely N-dealkylation sites (N-methyl/N-ethyl adjacent to an activating group) is 1. The van der Waals surface area contributed by atoms with Crippen molar-refractivity contribution >= 4 is 22.8 Å². The normalized spacial score (nSPS) is 19.2. The molecule has 1 aliphatic heterocycles. The van der Waals surface area contributed by atoms with Crippen LogP contribution in [-0.2, 0) is 16.0 Å². The Kier molecular flexibility index (Phi) is 6.39. The molecule has 152 valence electrons. The number of rotatable bonds is 7. The van der Waals surface area contributed by atoms with E-state index in [2.05, 4.69) is 16.7 Å². The van der Waals surface area contributed by atoms with Crippen LogP contribution in [0.3, 0.4) is 0 Å². The van der Waals surface area contributed by atoms with Crippen LogP contribution in [0.4, 0.5) is 0 Å². The van der Waals surface area contributed by atoms with Crippen molar-refractivity contribution in [1.29, 1.82) is 0 Å². The van der Waals surface area contributed by atoms with E-state index in [1.54, 1.807) is 14.0 Å². The molecular formula is C22H31N3O3. The van der Waals surface area contributed by atoms with E-state index in [1.807, 2.05) is 43.2 Å². The smallest absolute Gasteiger partial charge is 0.245 e. The molecule has 2 amide bonds. The third-order valence-electron chi connectivity index (χ3n) is 5.73. The molecule has 1 fully saturated rings. The largest absolute Gasteiger partial charge is 0.464 e. The Hall–Kier alpha value is -2.34. The van der Waals surface area contributed by atoms with Crippen molar-refractivity contribution in [2.45, 2.75) is 58.2 Å². The summed E-state index contributed by atoms with van der Waals surface area (Å²) >= 11 is 0. The first-order valence-electron chi connectivity index (χ1n) is 10.2. The lowest BCUT2D eigenvalue weighted by molar-refractivity contribution is -0.138. The van der Waals surface area contributed by atoms with E-state index in [1.165, 1.54) is 0 Å². The molecule has 28 heavy (non-hydrogen) atoms. The molecular weight excluding hydrogens is 354 g/mol. The molecule has 1 saturated heterocycles. The predicted octanol–water partition coefficient (Wildman–Crippen LogP) is 2.72.